The summed E-state index contributed by atoms with van der Waals surface area (Å²) in [5.74, 6) is 0.364. The van der Waals surface area contributed by atoms with Crippen molar-refractivity contribution in [3.05, 3.63) is 23.8 Å². The number of urea groups is 1. The molecule has 0 radical (unpaired) electrons. The van der Waals surface area contributed by atoms with E-state index in [1.54, 1.807) is 23.1 Å². The first kappa shape index (κ1) is 16.9. The summed E-state index contributed by atoms with van der Waals surface area (Å²) < 4.78 is 4.98. The summed E-state index contributed by atoms with van der Waals surface area (Å²) in [5.41, 5.74) is 0.784. The maximum absolute atomic E-state index is 12.2. The number of methoxy groups -OCH3 is 1. The van der Waals surface area contributed by atoms with Gasteiger partial charge in [-0.25, -0.2) is 4.79 Å². The van der Waals surface area contributed by atoms with Gasteiger partial charge in [-0.15, -0.1) is 0 Å². The molecule has 0 aromatic heterocycles. The van der Waals surface area contributed by atoms with Gasteiger partial charge in [0.25, 0.3) is 0 Å². The predicted octanol–water partition coefficient (Wildman–Crippen LogP) is 1.21. The predicted molar refractivity (Wildman–Crippen MR) is 85.3 cm³/mol. The van der Waals surface area contributed by atoms with Crippen molar-refractivity contribution in [1.82, 2.24) is 15.5 Å². The Balaban J connectivity index is 1.86. The topological polar surface area (TPSA) is 90.9 Å². The Hall–Kier alpha value is -2.44. The van der Waals surface area contributed by atoms with Crippen LogP contribution in [-0.2, 0) is 11.3 Å². The van der Waals surface area contributed by atoms with Crippen molar-refractivity contribution in [3.63, 3.8) is 0 Å². The number of likely N-dealkylation sites (tertiary alicyclic amines) is 1. The maximum Gasteiger partial charge on any atom is 0.317 e. The van der Waals surface area contributed by atoms with E-state index in [1.807, 2.05) is 0 Å². The second-order valence-electron chi connectivity index (χ2n) is 5.65. The van der Waals surface area contributed by atoms with Crippen LogP contribution in [0.4, 0.5) is 4.79 Å². The molecule has 23 heavy (non-hydrogen) atoms. The molecular weight excluding hydrogens is 298 g/mol. The number of carbonyl (C=O) groups is 2. The lowest BCUT2D eigenvalue weighted by atomic mass is 10.1. The Morgan fingerprint density at radius 2 is 2.22 bits per heavy atom. The Kier molecular flexibility index (Phi) is 5.67. The highest BCUT2D eigenvalue weighted by molar-refractivity contribution is 5.75. The van der Waals surface area contributed by atoms with Gasteiger partial charge in [-0.3, -0.25) is 4.79 Å². The zero-order chi connectivity index (χ0) is 16.8. The maximum atomic E-state index is 12.2. The van der Waals surface area contributed by atoms with Gasteiger partial charge in [0.1, 0.15) is 0 Å². The minimum absolute atomic E-state index is 0.0111. The lowest BCUT2D eigenvalue weighted by Gasteiger charge is -2.33. The van der Waals surface area contributed by atoms with Crippen molar-refractivity contribution in [2.24, 2.45) is 0 Å². The van der Waals surface area contributed by atoms with E-state index in [1.165, 1.54) is 14.0 Å². The van der Waals surface area contributed by atoms with Crippen LogP contribution in [0.1, 0.15) is 25.3 Å². The monoisotopic (exact) mass is 321 g/mol. The van der Waals surface area contributed by atoms with Gasteiger partial charge < -0.3 is 25.4 Å². The number of ether oxygens (including phenoxy) is 1. The minimum Gasteiger partial charge on any atom is -0.504 e. The zero-order valence-corrected chi connectivity index (χ0v) is 13.5. The fourth-order valence-corrected chi connectivity index (χ4v) is 2.70. The number of nitrogens with zero attached hydrogens (tertiary/aromatic N) is 1. The Labute approximate surface area is 135 Å². The highest BCUT2D eigenvalue weighted by Crippen LogP contribution is 2.26. The van der Waals surface area contributed by atoms with Crippen molar-refractivity contribution in [3.8, 4) is 11.5 Å². The van der Waals surface area contributed by atoms with Crippen LogP contribution in [0.25, 0.3) is 0 Å². The molecule has 0 spiro atoms. The molecule has 1 aromatic rings. The van der Waals surface area contributed by atoms with Crippen molar-refractivity contribution in [1.29, 1.82) is 0 Å². The lowest BCUT2D eigenvalue weighted by Crippen LogP contribution is -2.51. The highest BCUT2D eigenvalue weighted by Gasteiger charge is 2.23. The van der Waals surface area contributed by atoms with Crippen LogP contribution in [0.2, 0.25) is 0 Å². The Morgan fingerprint density at radius 3 is 2.87 bits per heavy atom. The van der Waals surface area contributed by atoms with E-state index >= 15 is 0 Å². The molecule has 1 aliphatic heterocycles. The van der Waals surface area contributed by atoms with E-state index in [-0.39, 0.29) is 23.7 Å². The molecule has 1 unspecified atom stereocenters. The Morgan fingerprint density at radius 1 is 1.43 bits per heavy atom. The number of amides is 3. The van der Waals surface area contributed by atoms with Crippen LogP contribution < -0.4 is 15.4 Å². The van der Waals surface area contributed by atoms with Crippen LogP contribution in [0.15, 0.2) is 18.2 Å². The number of aromatic hydroxyl groups is 1. The molecule has 1 aromatic carbocycles. The Bertz CT molecular complexity index is 576. The van der Waals surface area contributed by atoms with Crippen LogP contribution in [-0.4, -0.2) is 48.2 Å². The van der Waals surface area contributed by atoms with Gasteiger partial charge in [-0.1, -0.05) is 6.07 Å². The molecule has 1 saturated heterocycles. The summed E-state index contributed by atoms with van der Waals surface area (Å²) >= 11 is 0. The van der Waals surface area contributed by atoms with Crippen molar-refractivity contribution in [2.75, 3.05) is 20.2 Å². The van der Waals surface area contributed by atoms with Crippen LogP contribution in [0.3, 0.4) is 0 Å². The number of rotatable bonds is 4. The van der Waals surface area contributed by atoms with Gasteiger partial charge in [0.15, 0.2) is 11.5 Å². The number of hydrogen-bond donors (Lipinski definition) is 3. The van der Waals surface area contributed by atoms with E-state index < -0.39 is 0 Å². The molecule has 0 saturated carbocycles. The summed E-state index contributed by atoms with van der Waals surface area (Å²) in [7, 11) is 1.48. The molecule has 3 N–H and O–H groups in total. The molecule has 0 bridgehead atoms. The first-order valence-electron chi connectivity index (χ1n) is 7.65. The van der Waals surface area contributed by atoms with Gasteiger partial charge >= 0.3 is 6.03 Å². The molecule has 126 valence electrons. The normalized spacial score (nSPS) is 17.5. The average Bonchev–Trinajstić information content (AvgIpc) is 2.52. The van der Waals surface area contributed by atoms with Gasteiger partial charge in [0, 0.05) is 32.6 Å². The third-order valence-electron chi connectivity index (χ3n) is 3.80. The number of hydrogen-bond acceptors (Lipinski definition) is 4. The summed E-state index contributed by atoms with van der Waals surface area (Å²) in [4.78, 5) is 25.0. The molecule has 1 aliphatic rings. The molecule has 1 heterocycles. The summed E-state index contributed by atoms with van der Waals surface area (Å²) in [6, 6.07) is 4.85. The van der Waals surface area contributed by atoms with Gasteiger partial charge in [-0.2, -0.15) is 0 Å². The number of carbonyl (C=O) groups excluding carboxylic acids is 2. The number of piperidine rings is 1. The second kappa shape index (κ2) is 7.71. The molecule has 3 amide bonds. The van der Waals surface area contributed by atoms with E-state index in [4.69, 9.17) is 4.74 Å². The number of phenolic OH excluding ortho intramolecular Hbond substituents is 1. The number of phenols is 1. The van der Waals surface area contributed by atoms with Gasteiger partial charge in [-0.05, 0) is 30.5 Å². The molecule has 1 fully saturated rings. The van der Waals surface area contributed by atoms with E-state index in [0.717, 1.165) is 18.4 Å². The smallest absolute Gasteiger partial charge is 0.317 e. The third kappa shape index (κ3) is 4.77. The number of benzene rings is 1. The number of nitrogens with one attached hydrogen (secondary N) is 2. The van der Waals surface area contributed by atoms with Crippen LogP contribution in [0, 0.1) is 0 Å². The zero-order valence-electron chi connectivity index (χ0n) is 13.5. The van der Waals surface area contributed by atoms with E-state index in [0.29, 0.717) is 25.4 Å². The SMILES string of the molecule is COc1ccc(CNC(=O)N2CCCC(NC(C)=O)C2)cc1O. The third-order valence-corrected chi connectivity index (χ3v) is 3.80. The fourth-order valence-electron chi connectivity index (χ4n) is 2.70. The molecule has 0 aliphatic carbocycles. The average molecular weight is 321 g/mol. The molecule has 2 rings (SSSR count). The van der Waals surface area contributed by atoms with Crippen LogP contribution >= 0.6 is 0 Å². The second-order valence-corrected chi connectivity index (χ2v) is 5.65. The van der Waals surface area contributed by atoms with Crippen LogP contribution in [0.5, 0.6) is 11.5 Å². The van der Waals surface area contributed by atoms with Crippen molar-refractivity contribution < 1.29 is 19.4 Å². The molecule has 7 heteroatoms. The van der Waals surface area contributed by atoms with Gasteiger partial charge in [0.2, 0.25) is 5.91 Å². The molecule has 7 nitrogen and oxygen atoms in total. The highest BCUT2D eigenvalue weighted by atomic mass is 16.5. The quantitative estimate of drug-likeness (QED) is 0.777. The van der Waals surface area contributed by atoms with Crippen molar-refractivity contribution >= 4 is 11.9 Å². The van der Waals surface area contributed by atoms with Gasteiger partial charge in [0.05, 0.1) is 7.11 Å². The molecule has 1 atom stereocenters. The summed E-state index contributed by atoms with van der Waals surface area (Å²) in [6.45, 7) is 2.99. The minimum atomic E-state index is -0.171. The van der Waals surface area contributed by atoms with Crippen molar-refractivity contribution in [2.45, 2.75) is 32.4 Å². The fraction of sp³-hybridized carbons (Fsp3) is 0.500. The summed E-state index contributed by atoms with van der Waals surface area (Å²) in [6.07, 6.45) is 1.75. The first-order valence-corrected chi connectivity index (χ1v) is 7.65. The summed E-state index contributed by atoms with van der Waals surface area (Å²) in [5, 5.41) is 15.4. The standard InChI is InChI=1S/C16H23N3O4/c1-11(20)18-13-4-3-7-19(10-13)16(22)17-9-12-5-6-15(23-2)14(21)8-12/h5-6,8,13,21H,3-4,7,9-10H2,1-2H3,(H,17,22)(H,18,20). The first-order chi connectivity index (χ1) is 11.0. The lowest BCUT2D eigenvalue weighted by molar-refractivity contribution is -0.119. The van der Waals surface area contributed by atoms with E-state index in [2.05, 4.69) is 10.6 Å². The largest absolute Gasteiger partial charge is 0.504 e. The van der Waals surface area contributed by atoms with E-state index in [9.17, 15) is 14.7 Å². The molecular formula is C16H23N3O4.